The van der Waals surface area contributed by atoms with Gasteiger partial charge < -0.3 is 10.0 Å². The molecule has 1 aromatic carbocycles. The SMILES string of the molecule is CC(C(=O)O)N1CCN(C/C=C2\CN(C(C(=O)C3CC3)c3ccccc3F)CCC2S)C(=O)C1.Cl.Cl. The van der Waals surface area contributed by atoms with E-state index in [1.807, 2.05) is 11.0 Å². The van der Waals surface area contributed by atoms with E-state index in [9.17, 15) is 23.9 Å². The molecule has 2 saturated heterocycles. The van der Waals surface area contributed by atoms with Crippen LogP contribution in [0.5, 0.6) is 0 Å². The topological polar surface area (TPSA) is 81.2 Å². The van der Waals surface area contributed by atoms with Gasteiger partial charge in [0.15, 0.2) is 5.78 Å². The molecule has 1 aliphatic carbocycles. The van der Waals surface area contributed by atoms with Gasteiger partial charge in [-0.1, -0.05) is 24.3 Å². The number of carboxylic acids is 1. The first-order valence-corrected chi connectivity index (χ1v) is 12.4. The molecule has 3 fully saturated rings. The van der Waals surface area contributed by atoms with E-state index in [1.165, 1.54) is 6.07 Å². The Morgan fingerprint density at radius 1 is 1.11 bits per heavy atom. The van der Waals surface area contributed by atoms with Gasteiger partial charge in [-0.2, -0.15) is 12.6 Å². The standard InChI is InChI=1S/C25H32FN3O4S.2ClH/c1-16(25(32)33)28-13-12-27(22(30)15-28)10-8-18-14-29(11-9-21(18)34)23(24(31)17-6-7-17)19-4-2-3-5-20(19)26;;/h2-5,8,16-17,21,23,34H,6-7,9-15H2,1H3,(H,32,33);2*1H/b18-8+;;. The van der Waals surface area contributed by atoms with Crippen molar-refractivity contribution in [2.45, 2.75) is 43.5 Å². The Labute approximate surface area is 229 Å². The van der Waals surface area contributed by atoms with Crippen LogP contribution in [0.1, 0.15) is 37.8 Å². The summed E-state index contributed by atoms with van der Waals surface area (Å²) in [6.45, 7) is 4.19. The minimum atomic E-state index is -0.936. The lowest BCUT2D eigenvalue weighted by molar-refractivity contribution is -0.146. The number of halogens is 3. The Balaban J connectivity index is 0.00000228. The van der Waals surface area contributed by atoms with Gasteiger partial charge in [-0.05, 0) is 37.8 Å². The molecule has 36 heavy (non-hydrogen) atoms. The maximum atomic E-state index is 14.7. The summed E-state index contributed by atoms with van der Waals surface area (Å²) in [7, 11) is 0. The molecule has 0 aromatic heterocycles. The predicted octanol–water partition coefficient (Wildman–Crippen LogP) is 3.24. The van der Waals surface area contributed by atoms with E-state index in [4.69, 9.17) is 12.6 Å². The lowest BCUT2D eigenvalue weighted by Crippen LogP contribution is -2.54. The predicted molar refractivity (Wildman–Crippen MR) is 144 cm³/mol. The van der Waals surface area contributed by atoms with E-state index in [-0.39, 0.29) is 60.0 Å². The molecule has 3 atom stereocenters. The number of benzene rings is 1. The van der Waals surface area contributed by atoms with Gasteiger partial charge in [0.1, 0.15) is 11.9 Å². The Bertz CT molecular complexity index is 994. The summed E-state index contributed by atoms with van der Waals surface area (Å²) in [4.78, 5) is 42.4. The summed E-state index contributed by atoms with van der Waals surface area (Å²) in [5.74, 6) is -1.31. The van der Waals surface area contributed by atoms with Crippen LogP contribution >= 0.6 is 37.4 Å². The highest BCUT2D eigenvalue weighted by molar-refractivity contribution is 7.81. The molecule has 7 nitrogen and oxygen atoms in total. The van der Waals surface area contributed by atoms with Crippen molar-refractivity contribution in [1.29, 1.82) is 0 Å². The molecule has 2 aliphatic heterocycles. The van der Waals surface area contributed by atoms with Crippen LogP contribution in [-0.4, -0.2) is 88.0 Å². The molecule has 0 radical (unpaired) electrons. The minimum absolute atomic E-state index is 0. The van der Waals surface area contributed by atoms with Gasteiger partial charge in [0.25, 0.3) is 0 Å². The second-order valence-corrected chi connectivity index (χ2v) is 10.1. The van der Waals surface area contributed by atoms with E-state index < -0.39 is 18.1 Å². The van der Waals surface area contributed by atoms with E-state index in [1.54, 1.807) is 34.9 Å². The van der Waals surface area contributed by atoms with Crippen molar-refractivity contribution >= 4 is 55.1 Å². The van der Waals surface area contributed by atoms with Gasteiger partial charge in [0.2, 0.25) is 5.91 Å². The van der Waals surface area contributed by atoms with Gasteiger partial charge >= 0.3 is 5.97 Å². The van der Waals surface area contributed by atoms with Crippen LogP contribution in [0.3, 0.4) is 0 Å². The highest BCUT2D eigenvalue weighted by atomic mass is 35.5. The van der Waals surface area contributed by atoms with E-state index >= 15 is 0 Å². The average Bonchev–Trinajstić information content (AvgIpc) is 3.66. The largest absolute Gasteiger partial charge is 0.480 e. The number of carboxylic acid groups (broad SMARTS) is 1. The third-order valence-corrected chi connectivity index (χ3v) is 7.73. The third-order valence-electron chi connectivity index (χ3n) is 7.14. The van der Waals surface area contributed by atoms with Crippen molar-refractivity contribution in [3.8, 4) is 0 Å². The van der Waals surface area contributed by atoms with Gasteiger partial charge in [0, 0.05) is 49.5 Å². The maximum Gasteiger partial charge on any atom is 0.320 e. The molecule has 0 bridgehead atoms. The molecule has 11 heteroatoms. The van der Waals surface area contributed by atoms with Crippen LogP contribution in [0.2, 0.25) is 0 Å². The Morgan fingerprint density at radius 3 is 2.42 bits per heavy atom. The van der Waals surface area contributed by atoms with Crippen LogP contribution in [0.25, 0.3) is 0 Å². The summed E-state index contributed by atoms with van der Waals surface area (Å²) < 4.78 is 14.7. The van der Waals surface area contributed by atoms with Gasteiger partial charge in [-0.3, -0.25) is 24.2 Å². The van der Waals surface area contributed by atoms with Gasteiger partial charge in [-0.15, -0.1) is 24.8 Å². The van der Waals surface area contributed by atoms with Gasteiger partial charge in [-0.25, -0.2) is 4.39 Å². The fraction of sp³-hybridized carbons (Fsp3) is 0.560. The summed E-state index contributed by atoms with van der Waals surface area (Å²) in [5.41, 5.74) is 1.45. The number of amides is 1. The zero-order chi connectivity index (χ0) is 24.4. The molecule has 2 heterocycles. The molecule has 1 amide bonds. The monoisotopic (exact) mass is 561 g/mol. The number of ketones is 1. The number of hydrogen-bond acceptors (Lipinski definition) is 6. The molecule has 0 spiro atoms. The maximum absolute atomic E-state index is 14.7. The van der Waals surface area contributed by atoms with E-state index in [2.05, 4.69) is 0 Å². The Kier molecular flexibility index (Phi) is 11.2. The number of carbonyl (C=O) groups is 3. The highest BCUT2D eigenvalue weighted by Gasteiger charge is 2.41. The number of rotatable bonds is 8. The molecule has 4 rings (SSSR count). The second-order valence-electron chi connectivity index (χ2n) is 9.48. The van der Waals surface area contributed by atoms with Crippen LogP contribution in [-0.2, 0) is 14.4 Å². The second kappa shape index (κ2) is 13.2. The first kappa shape index (κ1) is 30.6. The Hall–Kier alpha value is -1.65. The number of nitrogens with zero attached hydrogens (tertiary/aromatic N) is 3. The minimum Gasteiger partial charge on any atom is -0.480 e. The van der Waals surface area contributed by atoms with Crippen molar-refractivity contribution < 1.29 is 23.9 Å². The van der Waals surface area contributed by atoms with Crippen LogP contribution in [0.4, 0.5) is 4.39 Å². The summed E-state index contributed by atoms with van der Waals surface area (Å²) >= 11 is 4.73. The molecule has 3 unspecified atom stereocenters. The first-order valence-electron chi connectivity index (χ1n) is 11.9. The number of piperazine rings is 1. The van der Waals surface area contributed by atoms with E-state index in [0.717, 1.165) is 24.8 Å². The first-order chi connectivity index (χ1) is 16.3. The molecule has 200 valence electrons. The summed E-state index contributed by atoms with van der Waals surface area (Å²) in [6.07, 6.45) is 4.46. The normalized spacial score (nSPS) is 24.0. The Morgan fingerprint density at radius 2 is 1.81 bits per heavy atom. The molecular weight excluding hydrogens is 528 g/mol. The highest BCUT2D eigenvalue weighted by Crippen LogP contribution is 2.39. The lowest BCUT2D eigenvalue weighted by Gasteiger charge is -2.38. The number of likely N-dealkylation sites (tertiary alicyclic amines) is 1. The zero-order valence-corrected chi connectivity index (χ0v) is 22.7. The van der Waals surface area contributed by atoms with Crippen molar-refractivity contribution in [3.05, 3.63) is 47.3 Å². The molecular formula is C25H34Cl2FN3O4S. The zero-order valence-electron chi connectivity index (χ0n) is 20.2. The summed E-state index contributed by atoms with van der Waals surface area (Å²) in [5, 5.41) is 9.21. The fourth-order valence-electron chi connectivity index (χ4n) is 4.77. The van der Waals surface area contributed by atoms with Crippen LogP contribution < -0.4 is 0 Å². The lowest BCUT2D eigenvalue weighted by atomic mass is 9.93. The van der Waals surface area contributed by atoms with Crippen molar-refractivity contribution in [2.75, 3.05) is 39.3 Å². The van der Waals surface area contributed by atoms with Crippen molar-refractivity contribution in [3.63, 3.8) is 0 Å². The third kappa shape index (κ3) is 7.01. The quantitative estimate of drug-likeness (QED) is 0.374. The van der Waals surface area contributed by atoms with E-state index in [0.29, 0.717) is 38.3 Å². The number of piperidine rings is 1. The molecule has 1 aromatic rings. The number of aliphatic carboxylic acids is 1. The fourth-order valence-corrected chi connectivity index (χ4v) is 5.07. The number of carbonyl (C=O) groups excluding carboxylic acids is 2. The molecule has 1 saturated carbocycles. The smallest absolute Gasteiger partial charge is 0.320 e. The van der Waals surface area contributed by atoms with Crippen molar-refractivity contribution in [1.82, 2.24) is 14.7 Å². The summed E-state index contributed by atoms with van der Waals surface area (Å²) in [6, 6.07) is 5.20. The van der Waals surface area contributed by atoms with Crippen LogP contribution in [0, 0.1) is 11.7 Å². The molecule has 3 aliphatic rings. The molecule has 1 N–H and O–H groups in total. The van der Waals surface area contributed by atoms with Gasteiger partial charge in [0.05, 0.1) is 12.6 Å². The number of Topliss-reactive ketones (excluding diaryl/α,β-unsaturated/α-hetero) is 1. The average molecular weight is 563 g/mol. The number of hydrogen-bond donors (Lipinski definition) is 2. The number of thiol groups is 1. The van der Waals surface area contributed by atoms with Crippen LogP contribution in [0.15, 0.2) is 35.9 Å². The van der Waals surface area contributed by atoms with Crippen molar-refractivity contribution in [2.24, 2.45) is 5.92 Å².